The summed E-state index contributed by atoms with van der Waals surface area (Å²) in [7, 11) is 2.32. The number of benzene rings is 1. The second-order valence-electron chi connectivity index (χ2n) is 6.96. The van der Waals surface area contributed by atoms with E-state index in [0.717, 1.165) is 18.1 Å². The molecule has 1 N–H and O–H groups in total. The molecule has 0 aromatic heterocycles. The molecule has 20 heavy (non-hydrogen) atoms. The summed E-state index contributed by atoms with van der Waals surface area (Å²) < 4.78 is 0. The van der Waals surface area contributed by atoms with Gasteiger partial charge in [0.05, 0.1) is 0 Å². The molecule has 2 nitrogen and oxygen atoms in total. The summed E-state index contributed by atoms with van der Waals surface area (Å²) in [5.41, 5.74) is 4.28. The summed E-state index contributed by atoms with van der Waals surface area (Å²) in [4.78, 5) is 2.61. The Labute approximate surface area is 123 Å². The molecule has 0 aliphatic carbocycles. The lowest BCUT2D eigenvalue weighted by Crippen LogP contribution is -2.47. The minimum Gasteiger partial charge on any atom is -0.311 e. The van der Waals surface area contributed by atoms with Crippen LogP contribution in [0.2, 0.25) is 0 Å². The maximum atomic E-state index is 3.75. The van der Waals surface area contributed by atoms with Crippen molar-refractivity contribution in [3.05, 3.63) is 34.9 Å². The standard InChI is InChI=1S/C18H28N2/c1-12-5-8-18(13(2)9-12)14(3)20(4)17-10-15-6-7-16(11-17)19-15/h5,8-9,14-17,19H,6-7,10-11H2,1-4H3. The Hall–Kier alpha value is -0.860. The number of nitrogens with one attached hydrogen (secondary N) is 1. The van der Waals surface area contributed by atoms with Gasteiger partial charge in [0.25, 0.3) is 0 Å². The minimum atomic E-state index is 0.512. The Morgan fingerprint density at radius 2 is 1.80 bits per heavy atom. The zero-order valence-corrected chi connectivity index (χ0v) is 13.3. The SMILES string of the molecule is Cc1ccc(C(C)N(C)C2CC3CCC(C2)N3)c(C)c1. The first-order valence-electron chi connectivity index (χ1n) is 8.09. The average Bonchev–Trinajstić information content (AvgIpc) is 2.76. The lowest BCUT2D eigenvalue weighted by Gasteiger charge is -2.39. The Bertz CT molecular complexity index is 470. The van der Waals surface area contributed by atoms with Crippen molar-refractivity contribution < 1.29 is 0 Å². The summed E-state index contributed by atoms with van der Waals surface area (Å²) in [5, 5.41) is 3.75. The first-order chi connectivity index (χ1) is 9.54. The zero-order valence-electron chi connectivity index (χ0n) is 13.3. The predicted molar refractivity (Wildman–Crippen MR) is 85.1 cm³/mol. The van der Waals surface area contributed by atoms with Crippen LogP contribution in [0.1, 0.15) is 55.3 Å². The second-order valence-corrected chi connectivity index (χ2v) is 6.96. The number of hydrogen-bond acceptors (Lipinski definition) is 2. The van der Waals surface area contributed by atoms with Gasteiger partial charge in [0.1, 0.15) is 0 Å². The quantitative estimate of drug-likeness (QED) is 0.905. The van der Waals surface area contributed by atoms with E-state index in [1.54, 1.807) is 0 Å². The van der Waals surface area contributed by atoms with Crippen molar-refractivity contribution in [3.63, 3.8) is 0 Å². The van der Waals surface area contributed by atoms with Crippen LogP contribution in [0.3, 0.4) is 0 Å². The van der Waals surface area contributed by atoms with Gasteiger partial charge in [-0.2, -0.15) is 0 Å². The summed E-state index contributed by atoms with van der Waals surface area (Å²) >= 11 is 0. The van der Waals surface area contributed by atoms with Crippen LogP contribution in [-0.2, 0) is 0 Å². The third-order valence-corrected chi connectivity index (χ3v) is 5.51. The summed E-state index contributed by atoms with van der Waals surface area (Å²) in [5.74, 6) is 0. The Morgan fingerprint density at radius 1 is 1.15 bits per heavy atom. The smallest absolute Gasteiger partial charge is 0.0322 e. The molecule has 0 radical (unpaired) electrons. The van der Waals surface area contributed by atoms with Crippen LogP contribution in [0.25, 0.3) is 0 Å². The third-order valence-electron chi connectivity index (χ3n) is 5.51. The van der Waals surface area contributed by atoms with E-state index in [-0.39, 0.29) is 0 Å². The first kappa shape index (κ1) is 14.1. The lowest BCUT2D eigenvalue weighted by molar-refractivity contribution is 0.132. The molecule has 2 bridgehead atoms. The fourth-order valence-electron chi connectivity index (χ4n) is 4.19. The highest BCUT2D eigenvalue weighted by atomic mass is 15.2. The number of aryl methyl sites for hydroxylation is 2. The molecule has 0 amide bonds. The van der Waals surface area contributed by atoms with Crippen LogP contribution in [0.15, 0.2) is 18.2 Å². The molecule has 3 atom stereocenters. The molecule has 3 rings (SSSR count). The van der Waals surface area contributed by atoms with Crippen LogP contribution in [0.5, 0.6) is 0 Å². The van der Waals surface area contributed by atoms with Crippen LogP contribution < -0.4 is 5.32 Å². The van der Waals surface area contributed by atoms with Crippen molar-refractivity contribution >= 4 is 0 Å². The number of fused-ring (bicyclic) bond motifs is 2. The van der Waals surface area contributed by atoms with Crippen LogP contribution >= 0.6 is 0 Å². The van der Waals surface area contributed by atoms with Gasteiger partial charge < -0.3 is 5.32 Å². The lowest BCUT2D eigenvalue weighted by atomic mass is 9.94. The second kappa shape index (κ2) is 5.50. The van der Waals surface area contributed by atoms with Crippen molar-refractivity contribution in [2.45, 2.75) is 70.6 Å². The molecule has 1 aromatic rings. The average molecular weight is 272 g/mol. The van der Waals surface area contributed by atoms with E-state index in [0.29, 0.717) is 6.04 Å². The normalized spacial score (nSPS) is 30.8. The molecule has 0 saturated carbocycles. The number of piperidine rings is 1. The Kier molecular flexibility index (Phi) is 3.87. The summed E-state index contributed by atoms with van der Waals surface area (Å²) in [6.45, 7) is 6.79. The van der Waals surface area contributed by atoms with Gasteiger partial charge in [0.15, 0.2) is 0 Å². The third kappa shape index (κ3) is 2.64. The molecule has 3 unspecified atom stereocenters. The molecule has 110 valence electrons. The van der Waals surface area contributed by atoms with E-state index in [1.807, 2.05) is 0 Å². The van der Waals surface area contributed by atoms with E-state index in [1.165, 1.54) is 42.4 Å². The fourth-order valence-corrected chi connectivity index (χ4v) is 4.19. The Balaban J connectivity index is 1.74. The number of nitrogens with zero attached hydrogens (tertiary/aromatic N) is 1. The number of hydrogen-bond donors (Lipinski definition) is 1. The molecule has 2 heteroatoms. The molecule has 2 fully saturated rings. The fraction of sp³-hybridized carbons (Fsp3) is 0.667. The van der Waals surface area contributed by atoms with Gasteiger partial charge in [-0.1, -0.05) is 23.8 Å². The first-order valence-corrected chi connectivity index (χ1v) is 8.09. The van der Waals surface area contributed by atoms with Crippen molar-refractivity contribution in [3.8, 4) is 0 Å². The van der Waals surface area contributed by atoms with E-state index in [9.17, 15) is 0 Å². The highest BCUT2D eigenvalue weighted by molar-refractivity contribution is 5.32. The maximum absolute atomic E-state index is 3.75. The summed E-state index contributed by atoms with van der Waals surface area (Å²) in [6.07, 6.45) is 5.41. The Morgan fingerprint density at radius 3 is 2.40 bits per heavy atom. The molecule has 2 aliphatic rings. The highest BCUT2D eigenvalue weighted by Gasteiger charge is 2.36. The van der Waals surface area contributed by atoms with E-state index in [2.05, 4.69) is 56.2 Å². The number of rotatable bonds is 3. The van der Waals surface area contributed by atoms with Gasteiger partial charge >= 0.3 is 0 Å². The van der Waals surface area contributed by atoms with Crippen molar-refractivity contribution in [1.82, 2.24) is 10.2 Å². The van der Waals surface area contributed by atoms with Crippen molar-refractivity contribution in [2.24, 2.45) is 0 Å². The molecular weight excluding hydrogens is 244 g/mol. The largest absolute Gasteiger partial charge is 0.311 e. The molecule has 2 saturated heterocycles. The molecule has 0 spiro atoms. The predicted octanol–water partition coefficient (Wildman–Crippen LogP) is 3.58. The molecule has 2 heterocycles. The van der Waals surface area contributed by atoms with Crippen LogP contribution in [0, 0.1) is 13.8 Å². The summed E-state index contributed by atoms with van der Waals surface area (Å²) in [6, 6.07) is 9.68. The molecule has 2 aliphatic heterocycles. The van der Waals surface area contributed by atoms with Crippen LogP contribution in [-0.4, -0.2) is 30.1 Å². The van der Waals surface area contributed by atoms with Gasteiger partial charge in [0, 0.05) is 24.2 Å². The van der Waals surface area contributed by atoms with E-state index in [4.69, 9.17) is 0 Å². The van der Waals surface area contributed by atoms with E-state index < -0.39 is 0 Å². The maximum Gasteiger partial charge on any atom is 0.0322 e. The van der Waals surface area contributed by atoms with Gasteiger partial charge in [-0.05, 0) is 64.6 Å². The van der Waals surface area contributed by atoms with Crippen molar-refractivity contribution in [2.75, 3.05) is 7.05 Å². The van der Waals surface area contributed by atoms with Gasteiger partial charge in [-0.15, -0.1) is 0 Å². The zero-order chi connectivity index (χ0) is 14.3. The van der Waals surface area contributed by atoms with Crippen molar-refractivity contribution in [1.29, 1.82) is 0 Å². The van der Waals surface area contributed by atoms with E-state index >= 15 is 0 Å². The monoisotopic (exact) mass is 272 g/mol. The van der Waals surface area contributed by atoms with Gasteiger partial charge in [-0.3, -0.25) is 4.90 Å². The minimum absolute atomic E-state index is 0.512. The molecule has 1 aromatic carbocycles. The highest BCUT2D eigenvalue weighted by Crippen LogP contribution is 2.33. The van der Waals surface area contributed by atoms with Gasteiger partial charge in [-0.25, -0.2) is 0 Å². The topological polar surface area (TPSA) is 15.3 Å². The van der Waals surface area contributed by atoms with Gasteiger partial charge in [0.2, 0.25) is 0 Å². The molecular formula is C18H28N2. The van der Waals surface area contributed by atoms with Crippen LogP contribution in [0.4, 0.5) is 0 Å².